The van der Waals surface area contributed by atoms with Crippen molar-refractivity contribution in [3.05, 3.63) is 34.4 Å². The van der Waals surface area contributed by atoms with Crippen LogP contribution >= 0.6 is 11.3 Å². The van der Waals surface area contributed by atoms with Crippen LogP contribution in [0.2, 0.25) is 0 Å². The van der Waals surface area contributed by atoms with Crippen molar-refractivity contribution in [3.8, 4) is 5.88 Å². The van der Waals surface area contributed by atoms with E-state index in [9.17, 15) is 9.59 Å². The fraction of sp³-hybridized carbons (Fsp3) is 0.375. The van der Waals surface area contributed by atoms with Gasteiger partial charge in [-0.2, -0.15) is 0 Å². The number of hydrogen-bond donors (Lipinski definition) is 1. The number of nitrogens with one attached hydrogen (secondary N) is 1. The molecule has 3 heterocycles. The van der Waals surface area contributed by atoms with Crippen LogP contribution in [-0.2, 0) is 11.2 Å². The SMILES string of the molecule is CC(C)N(CCc1nccs1)C(=O)c1cnc2c(c1)NC(=O)CO2. The fourth-order valence-corrected chi connectivity index (χ4v) is 3.06. The first kappa shape index (κ1) is 16.4. The van der Waals surface area contributed by atoms with Gasteiger partial charge in [-0.25, -0.2) is 9.97 Å². The standard InChI is InChI=1S/C16H18N4O3S/c1-10(2)20(5-3-14-17-4-6-24-14)16(22)11-7-12-15(18-8-11)23-9-13(21)19-12/h4,6-8,10H,3,5,9H2,1-2H3,(H,19,21). The lowest BCUT2D eigenvalue weighted by Gasteiger charge is -2.27. The van der Waals surface area contributed by atoms with Crippen molar-refractivity contribution in [2.75, 3.05) is 18.5 Å². The lowest BCUT2D eigenvalue weighted by atomic mass is 10.2. The van der Waals surface area contributed by atoms with Gasteiger partial charge in [0.05, 0.1) is 10.6 Å². The Morgan fingerprint density at radius 3 is 3.00 bits per heavy atom. The number of anilines is 1. The van der Waals surface area contributed by atoms with E-state index >= 15 is 0 Å². The van der Waals surface area contributed by atoms with Gasteiger partial charge in [-0.15, -0.1) is 11.3 Å². The molecule has 1 aliphatic heterocycles. The van der Waals surface area contributed by atoms with E-state index in [-0.39, 0.29) is 24.5 Å². The van der Waals surface area contributed by atoms with Gasteiger partial charge in [0.25, 0.3) is 11.8 Å². The third kappa shape index (κ3) is 3.53. The largest absolute Gasteiger partial charge is 0.466 e. The van der Waals surface area contributed by atoms with Gasteiger partial charge >= 0.3 is 0 Å². The quantitative estimate of drug-likeness (QED) is 0.895. The van der Waals surface area contributed by atoms with Crippen LogP contribution in [0.4, 0.5) is 5.69 Å². The summed E-state index contributed by atoms with van der Waals surface area (Å²) in [5.74, 6) is -0.0416. The number of rotatable bonds is 5. The highest BCUT2D eigenvalue weighted by Crippen LogP contribution is 2.26. The maximum Gasteiger partial charge on any atom is 0.262 e. The Morgan fingerprint density at radius 1 is 1.46 bits per heavy atom. The molecule has 0 atom stereocenters. The van der Waals surface area contributed by atoms with E-state index in [1.54, 1.807) is 28.5 Å². The Morgan fingerprint density at radius 2 is 2.29 bits per heavy atom. The van der Waals surface area contributed by atoms with Crippen molar-refractivity contribution < 1.29 is 14.3 Å². The molecule has 0 unspecified atom stereocenters. The molecule has 0 bridgehead atoms. The summed E-state index contributed by atoms with van der Waals surface area (Å²) in [5.41, 5.74) is 0.855. The molecule has 2 aromatic rings. The van der Waals surface area contributed by atoms with Gasteiger partial charge in [0.15, 0.2) is 6.61 Å². The molecule has 1 aliphatic rings. The Labute approximate surface area is 143 Å². The van der Waals surface area contributed by atoms with E-state index < -0.39 is 0 Å². The van der Waals surface area contributed by atoms with Crippen molar-refractivity contribution in [2.45, 2.75) is 26.3 Å². The number of amides is 2. The number of thiazole rings is 1. The summed E-state index contributed by atoms with van der Waals surface area (Å²) < 4.78 is 5.22. The molecule has 0 spiro atoms. The van der Waals surface area contributed by atoms with Gasteiger partial charge < -0.3 is 15.0 Å². The fourth-order valence-electron chi connectivity index (χ4n) is 2.45. The maximum atomic E-state index is 12.8. The smallest absolute Gasteiger partial charge is 0.262 e. The minimum absolute atomic E-state index is 0.0411. The first-order chi connectivity index (χ1) is 11.5. The molecule has 8 heteroatoms. The zero-order chi connectivity index (χ0) is 17.1. The third-order valence-corrected chi connectivity index (χ3v) is 4.49. The number of pyridine rings is 1. The number of carbonyl (C=O) groups is 2. The van der Waals surface area contributed by atoms with Gasteiger partial charge in [-0.3, -0.25) is 9.59 Å². The van der Waals surface area contributed by atoms with Crippen LogP contribution in [0, 0.1) is 0 Å². The van der Waals surface area contributed by atoms with Crippen LogP contribution < -0.4 is 10.1 Å². The van der Waals surface area contributed by atoms with E-state index in [1.807, 2.05) is 19.2 Å². The molecule has 0 radical (unpaired) electrons. The highest BCUT2D eigenvalue weighted by Gasteiger charge is 2.23. The van der Waals surface area contributed by atoms with E-state index in [0.717, 1.165) is 5.01 Å². The van der Waals surface area contributed by atoms with Crippen molar-refractivity contribution >= 4 is 28.8 Å². The van der Waals surface area contributed by atoms with E-state index in [0.29, 0.717) is 30.1 Å². The molecule has 2 amide bonds. The van der Waals surface area contributed by atoms with Crippen molar-refractivity contribution in [2.24, 2.45) is 0 Å². The van der Waals surface area contributed by atoms with Crippen LogP contribution in [0.3, 0.4) is 0 Å². The van der Waals surface area contributed by atoms with E-state index in [2.05, 4.69) is 15.3 Å². The first-order valence-corrected chi connectivity index (χ1v) is 8.54. The molecule has 1 N–H and O–H groups in total. The number of carbonyl (C=O) groups excluding carboxylic acids is 2. The van der Waals surface area contributed by atoms with Crippen LogP contribution in [-0.4, -0.2) is 45.9 Å². The molecule has 2 aromatic heterocycles. The van der Waals surface area contributed by atoms with Crippen LogP contribution in [0.5, 0.6) is 5.88 Å². The second-order valence-electron chi connectivity index (χ2n) is 5.68. The van der Waals surface area contributed by atoms with Gasteiger partial charge in [0.2, 0.25) is 5.88 Å². The zero-order valence-corrected chi connectivity index (χ0v) is 14.3. The van der Waals surface area contributed by atoms with Crippen LogP contribution in [0.25, 0.3) is 0 Å². The second kappa shape index (κ2) is 6.96. The summed E-state index contributed by atoms with van der Waals surface area (Å²) in [7, 11) is 0. The molecule has 0 saturated carbocycles. The summed E-state index contributed by atoms with van der Waals surface area (Å²) in [5, 5.41) is 5.59. The predicted molar refractivity (Wildman–Crippen MR) is 90.4 cm³/mol. The third-order valence-electron chi connectivity index (χ3n) is 3.65. The van der Waals surface area contributed by atoms with Crippen LogP contribution in [0.1, 0.15) is 29.2 Å². The van der Waals surface area contributed by atoms with Crippen molar-refractivity contribution in [1.29, 1.82) is 0 Å². The molecular weight excluding hydrogens is 328 g/mol. The molecule has 0 saturated heterocycles. The summed E-state index contributed by atoms with van der Waals surface area (Å²) >= 11 is 1.58. The highest BCUT2D eigenvalue weighted by molar-refractivity contribution is 7.09. The second-order valence-corrected chi connectivity index (χ2v) is 6.66. The highest BCUT2D eigenvalue weighted by atomic mass is 32.1. The molecule has 0 fully saturated rings. The molecule has 24 heavy (non-hydrogen) atoms. The lowest BCUT2D eigenvalue weighted by Crippen LogP contribution is -2.38. The molecule has 0 aromatic carbocycles. The average Bonchev–Trinajstić information content (AvgIpc) is 3.07. The van der Waals surface area contributed by atoms with Gasteiger partial charge in [-0.1, -0.05) is 0 Å². The van der Waals surface area contributed by atoms with Gasteiger partial charge in [0.1, 0.15) is 5.69 Å². The topological polar surface area (TPSA) is 84.4 Å². The Hall–Kier alpha value is -2.48. The summed E-state index contributed by atoms with van der Waals surface area (Å²) in [4.78, 5) is 34.4. The Balaban J connectivity index is 1.77. The van der Waals surface area contributed by atoms with Crippen LogP contribution in [0.15, 0.2) is 23.8 Å². The number of fused-ring (bicyclic) bond motifs is 1. The normalized spacial score (nSPS) is 13.2. The molecule has 0 aliphatic carbocycles. The number of nitrogens with zero attached hydrogens (tertiary/aromatic N) is 3. The zero-order valence-electron chi connectivity index (χ0n) is 13.5. The number of aromatic nitrogens is 2. The molecular formula is C16H18N4O3S. The minimum atomic E-state index is -0.251. The molecule has 126 valence electrons. The monoisotopic (exact) mass is 346 g/mol. The van der Waals surface area contributed by atoms with Crippen molar-refractivity contribution in [1.82, 2.24) is 14.9 Å². The molecule has 7 nitrogen and oxygen atoms in total. The minimum Gasteiger partial charge on any atom is -0.466 e. The average molecular weight is 346 g/mol. The predicted octanol–water partition coefficient (Wildman–Crippen LogP) is 1.96. The Bertz CT molecular complexity index is 746. The molecule has 3 rings (SSSR count). The van der Waals surface area contributed by atoms with E-state index in [4.69, 9.17) is 4.74 Å². The van der Waals surface area contributed by atoms with Gasteiger partial charge in [0, 0.05) is 36.8 Å². The number of hydrogen-bond acceptors (Lipinski definition) is 6. The summed E-state index contributed by atoms with van der Waals surface area (Å²) in [6.45, 7) is 4.45. The van der Waals surface area contributed by atoms with E-state index in [1.165, 1.54) is 6.20 Å². The first-order valence-electron chi connectivity index (χ1n) is 7.66. The maximum absolute atomic E-state index is 12.8. The van der Waals surface area contributed by atoms with Crippen molar-refractivity contribution in [3.63, 3.8) is 0 Å². The lowest BCUT2D eigenvalue weighted by molar-refractivity contribution is -0.118. The summed E-state index contributed by atoms with van der Waals surface area (Å²) in [6, 6.07) is 1.65. The van der Waals surface area contributed by atoms with Gasteiger partial charge in [-0.05, 0) is 19.9 Å². The Kier molecular flexibility index (Phi) is 4.75. The summed E-state index contributed by atoms with van der Waals surface area (Å²) in [6.07, 6.45) is 3.95. The number of ether oxygens (including phenoxy) is 1.